The molecule has 3 aliphatic rings. The summed E-state index contributed by atoms with van der Waals surface area (Å²) in [6, 6.07) is 3.27. The highest BCUT2D eigenvalue weighted by atomic mass is 31.3. The fourth-order valence-corrected chi connectivity index (χ4v) is 7.56. The first-order valence-corrected chi connectivity index (χ1v) is 18.3. The Morgan fingerprint density at radius 2 is 1.74 bits per heavy atom. The van der Waals surface area contributed by atoms with Crippen LogP contribution in [0.2, 0.25) is 0 Å². The van der Waals surface area contributed by atoms with Crippen molar-refractivity contribution in [1.29, 1.82) is 5.41 Å². The molecular weight excluding hydrogens is 752 g/mol. The van der Waals surface area contributed by atoms with Gasteiger partial charge in [-0.05, 0) is 37.1 Å². The molecule has 3 aliphatic heterocycles. The van der Waals surface area contributed by atoms with Crippen molar-refractivity contribution in [3.63, 3.8) is 0 Å². The maximum absolute atomic E-state index is 12.6. The van der Waals surface area contributed by atoms with Crippen LogP contribution in [0.5, 0.6) is 0 Å². The lowest BCUT2D eigenvalue weighted by Gasteiger charge is -2.26. The van der Waals surface area contributed by atoms with Gasteiger partial charge in [0.1, 0.15) is 50.5 Å². The summed E-state index contributed by atoms with van der Waals surface area (Å²) in [5.74, 6) is -0.258. The lowest BCUT2D eigenvalue weighted by Crippen LogP contribution is -2.42. The molecule has 286 valence electrons. The Morgan fingerprint density at radius 3 is 2.47 bits per heavy atom. The van der Waals surface area contributed by atoms with Crippen LogP contribution in [0.15, 0.2) is 34.3 Å². The van der Waals surface area contributed by atoms with Crippen molar-refractivity contribution in [3.8, 4) is 11.5 Å². The zero-order valence-corrected chi connectivity index (χ0v) is 29.1. The third-order valence-electron chi connectivity index (χ3n) is 8.29. The summed E-state index contributed by atoms with van der Waals surface area (Å²) in [4.78, 5) is 64.6. The van der Waals surface area contributed by atoms with Gasteiger partial charge in [0.25, 0.3) is 5.56 Å². The van der Waals surface area contributed by atoms with Gasteiger partial charge in [-0.2, -0.15) is 9.29 Å². The second-order valence-corrected chi connectivity index (χ2v) is 15.0. The van der Waals surface area contributed by atoms with Crippen LogP contribution in [0.3, 0.4) is 0 Å². The van der Waals surface area contributed by atoms with E-state index in [1.165, 1.54) is 4.57 Å². The predicted molar refractivity (Wildman–Crippen MR) is 175 cm³/mol. The molecule has 2 aromatic heterocycles. The molecule has 10 N–H and O–H groups in total. The molecule has 5 heterocycles. The number of phosphoric acid groups is 2. The topological polar surface area (TPSA) is 364 Å². The first-order chi connectivity index (χ1) is 25.7. The van der Waals surface area contributed by atoms with Gasteiger partial charge in [-0.3, -0.25) is 28.8 Å². The quantitative estimate of drug-likeness (QED) is 0.0432. The number of aromatic nitrogens is 8. The van der Waals surface area contributed by atoms with E-state index in [1.807, 2.05) is 4.98 Å². The number of aryl methyl sites for hydroxylation is 2. The fraction of sp³-hybridized carbons (Fsp3) is 0.444. The Bertz CT molecular complexity index is 2530. The smallest absolute Gasteiger partial charge is 0.388 e. The second-order valence-electron chi connectivity index (χ2n) is 11.9. The highest BCUT2D eigenvalue weighted by Gasteiger charge is 2.46. The van der Waals surface area contributed by atoms with E-state index in [-0.39, 0.29) is 33.7 Å². The van der Waals surface area contributed by atoms with E-state index in [0.717, 1.165) is 15.7 Å². The summed E-state index contributed by atoms with van der Waals surface area (Å²) in [6.45, 7) is 0.618. The molecule has 1 aromatic carbocycles. The summed E-state index contributed by atoms with van der Waals surface area (Å²) < 4.78 is 62.0. The van der Waals surface area contributed by atoms with Crippen molar-refractivity contribution in [2.45, 2.75) is 63.2 Å². The molecule has 0 bridgehead atoms. The van der Waals surface area contributed by atoms with E-state index in [0.29, 0.717) is 0 Å². The SMILES string of the molecule is [3H]c1nc(=N)c2nc([3H])n([C@@H]3O[C@H](COP(=O)(O)OP(=O)(O)OC[C@@H](O)[C@@H](O)[C@@H](O)Cn4c5nc(=O)[nH]c(=O)c-5nc5cc(C)c(C)cc54)C(O)C3O)c2[nH]1. The number of H-pyrrole nitrogens is 2. The molecule has 3 aromatic rings. The van der Waals surface area contributed by atoms with Gasteiger partial charge < -0.3 is 49.6 Å². The number of imidazole rings is 1. The monoisotopic (exact) mass is 789 g/mol. The van der Waals surface area contributed by atoms with Crippen LogP contribution >= 0.6 is 15.6 Å². The van der Waals surface area contributed by atoms with Crippen LogP contribution < -0.4 is 16.7 Å². The number of aromatic amines is 2. The van der Waals surface area contributed by atoms with Crippen LogP contribution in [0.4, 0.5) is 0 Å². The third kappa shape index (κ3) is 7.91. The number of aliphatic hydroxyl groups excluding tert-OH is 5. The minimum absolute atomic E-state index is 0.142. The van der Waals surface area contributed by atoms with Gasteiger partial charge >= 0.3 is 21.3 Å². The lowest BCUT2D eigenvalue weighted by atomic mass is 10.1. The van der Waals surface area contributed by atoms with Gasteiger partial charge in [-0.15, -0.1) is 0 Å². The molecule has 9 atom stereocenters. The molecule has 24 nitrogen and oxygen atoms in total. The van der Waals surface area contributed by atoms with Gasteiger partial charge in [0.15, 0.2) is 23.2 Å². The number of fused-ring (bicyclic) bond motifs is 3. The van der Waals surface area contributed by atoms with E-state index in [1.54, 1.807) is 26.0 Å². The largest absolute Gasteiger partial charge is 0.481 e. The average molecular weight is 790 g/mol. The fourth-order valence-electron chi connectivity index (χ4n) is 5.46. The van der Waals surface area contributed by atoms with Crippen molar-refractivity contribution in [3.05, 3.63) is 62.2 Å². The second kappa shape index (κ2) is 14.6. The van der Waals surface area contributed by atoms with E-state index < -0.39 is 108 Å². The summed E-state index contributed by atoms with van der Waals surface area (Å²) >= 11 is 0. The van der Waals surface area contributed by atoms with Gasteiger partial charge in [0.2, 0.25) is 0 Å². The Kier molecular flexibility index (Phi) is 9.88. The number of hydrogen-bond donors (Lipinski definition) is 10. The average Bonchev–Trinajstić information content (AvgIpc) is 3.56. The molecule has 1 fully saturated rings. The van der Waals surface area contributed by atoms with Crippen molar-refractivity contribution in [2.24, 2.45) is 0 Å². The Morgan fingerprint density at radius 1 is 1.04 bits per heavy atom. The van der Waals surface area contributed by atoms with Crippen LogP contribution in [0.1, 0.15) is 20.1 Å². The molecule has 4 unspecified atom stereocenters. The number of nitrogens with one attached hydrogen (secondary N) is 3. The molecular formula is C27H33N9O15P2. The minimum Gasteiger partial charge on any atom is -0.388 e. The van der Waals surface area contributed by atoms with Crippen molar-refractivity contribution in [1.82, 2.24) is 39.0 Å². The minimum atomic E-state index is -5.60. The van der Waals surface area contributed by atoms with E-state index in [4.69, 9.17) is 12.9 Å². The molecule has 0 spiro atoms. The molecule has 0 radical (unpaired) electrons. The van der Waals surface area contributed by atoms with Crippen molar-refractivity contribution < 1.29 is 65.3 Å². The number of rotatable bonds is 13. The first kappa shape index (κ1) is 35.9. The van der Waals surface area contributed by atoms with Crippen LogP contribution in [0.25, 0.3) is 33.7 Å². The van der Waals surface area contributed by atoms with Gasteiger partial charge in [-0.25, -0.2) is 28.9 Å². The van der Waals surface area contributed by atoms with Crippen LogP contribution in [-0.2, 0) is 33.8 Å². The molecule has 0 aliphatic carbocycles. The third-order valence-corrected chi connectivity index (χ3v) is 10.9. The van der Waals surface area contributed by atoms with Crippen LogP contribution in [0, 0.1) is 19.3 Å². The number of aliphatic hydroxyl groups is 5. The number of nitrogens with zero attached hydrogens (tertiary/aromatic N) is 6. The molecule has 53 heavy (non-hydrogen) atoms. The summed E-state index contributed by atoms with van der Waals surface area (Å²) in [5.41, 5.74) is -0.840. The molecule has 0 saturated carbocycles. The molecule has 26 heteroatoms. The number of phosphoric ester groups is 2. The maximum Gasteiger partial charge on any atom is 0.481 e. The number of hydrogen-bond acceptors (Lipinski definition) is 18. The zero-order chi connectivity index (χ0) is 40.3. The van der Waals surface area contributed by atoms with Crippen LogP contribution in [-0.4, -0.2) is 124 Å². The molecule has 0 amide bonds. The van der Waals surface area contributed by atoms with E-state index in [2.05, 4.69) is 38.3 Å². The molecule has 6 rings (SSSR count). The summed E-state index contributed by atoms with van der Waals surface area (Å²) in [5, 5.41) is 61.0. The highest BCUT2D eigenvalue weighted by molar-refractivity contribution is 7.61. The van der Waals surface area contributed by atoms with E-state index >= 15 is 0 Å². The van der Waals surface area contributed by atoms with Gasteiger partial charge in [-0.1, -0.05) is 0 Å². The Balaban J connectivity index is 1.08. The number of benzene rings is 1. The van der Waals surface area contributed by atoms with Crippen molar-refractivity contribution >= 4 is 37.8 Å². The summed E-state index contributed by atoms with van der Waals surface area (Å²) in [6.07, 6.45) is -14.2. The standard InChI is InChI=1S/C27H33N9O15P2/c1-10-3-12-13(4-11(10)2)35(24-18(32-12)25(42)34-27(43)33-24)5-14(37)19(39)15(38)6-48-52(44,45)51-53(46,47)49-7-16-20(40)21(41)26(50-16)36-9-31-17-22(28)29-8-30-23(17)36/h3-4,8-9,14-16,19-21,26,37-41H,5-7H2,1-2H3,(H,44,45)(H,46,47)(H2,28,29,30)(H,34,42,43)/t14-,15+,16+,19-,20?,21?,26+/m0/s1/i8T,9T. The highest BCUT2D eigenvalue weighted by Crippen LogP contribution is 2.60. The van der Waals surface area contributed by atoms with E-state index in [9.17, 15) is 54.0 Å². The maximum atomic E-state index is 12.6. The summed E-state index contributed by atoms with van der Waals surface area (Å²) in [7, 11) is -11.2. The van der Waals surface area contributed by atoms with Crippen molar-refractivity contribution in [2.75, 3.05) is 13.2 Å². The normalized spacial score (nSPS) is 23.8. The predicted octanol–water partition coefficient (Wildman–Crippen LogP) is -2.59. The zero-order valence-electron chi connectivity index (χ0n) is 29.3. The Hall–Kier alpha value is -4.13. The first-order valence-electron chi connectivity index (χ1n) is 16.3. The van der Waals surface area contributed by atoms with Gasteiger partial charge in [0.05, 0.1) is 43.4 Å². The molecule has 1 saturated heterocycles. The van der Waals surface area contributed by atoms with Gasteiger partial charge in [0, 0.05) is 0 Å². The number of ether oxygens (including phenoxy) is 1. The Labute approximate surface area is 297 Å². The lowest BCUT2D eigenvalue weighted by molar-refractivity contribution is -0.0794.